The van der Waals surface area contributed by atoms with Crippen LogP contribution < -0.4 is 5.32 Å². The fraction of sp³-hybridized carbons (Fsp3) is 0.0800. The highest BCUT2D eigenvalue weighted by molar-refractivity contribution is 6.06. The van der Waals surface area contributed by atoms with Crippen LogP contribution in [0.25, 0.3) is 28.1 Å². The largest absolute Gasteiger partial charge is 0.338 e. The predicted molar refractivity (Wildman–Crippen MR) is 122 cm³/mol. The number of hydrogen-bond donors (Lipinski definition) is 2. The summed E-state index contributed by atoms with van der Waals surface area (Å²) in [7, 11) is 0. The van der Waals surface area contributed by atoms with Crippen molar-refractivity contribution in [3.8, 4) is 17.1 Å². The maximum atomic E-state index is 13.3. The summed E-state index contributed by atoms with van der Waals surface area (Å²) < 4.78 is 14.9. The second kappa shape index (κ2) is 7.77. The number of rotatable bonds is 4. The van der Waals surface area contributed by atoms with Crippen molar-refractivity contribution in [2.45, 2.75) is 13.8 Å². The molecule has 0 fully saturated rings. The third kappa shape index (κ3) is 3.54. The first kappa shape index (κ1) is 19.7. The number of benzene rings is 3. The van der Waals surface area contributed by atoms with Gasteiger partial charge in [0, 0.05) is 11.3 Å². The number of carbonyl (C=O) groups is 1. The molecule has 0 spiro atoms. The molecule has 6 nitrogen and oxygen atoms in total. The third-order valence-electron chi connectivity index (χ3n) is 5.37. The monoisotopic (exact) mass is 425 g/mol. The van der Waals surface area contributed by atoms with Gasteiger partial charge in [-0.1, -0.05) is 24.3 Å². The van der Waals surface area contributed by atoms with Crippen LogP contribution in [0, 0.1) is 19.7 Å². The lowest BCUT2D eigenvalue weighted by molar-refractivity contribution is 0.102. The average Bonchev–Trinajstić information content (AvgIpc) is 3.35. The van der Waals surface area contributed by atoms with Crippen LogP contribution in [0.15, 0.2) is 72.8 Å². The molecule has 0 radical (unpaired) electrons. The van der Waals surface area contributed by atoms with Crippen molar-refractivity contribution in [3.63, 3.8) is 0 Å². The maximum absolute atomic E-state index is 13.3. The molecule has 3 aromatic carbocycles. The van der Waals surface area contributed by atoms with Crippen molar-refractivity contribution in [3.05, 3.63) is 95.6 Å². The first-order valence-electron chi connectivity index (χ1n) is 10.2. The minimum absolute atomic E-state index is 0.255. The molecule has 0 atom stereocenters. The zero-order valence-electron chi connectivity index (χ0n) is 17.6. The van der Waals surface area contributed by atoms with E-state index in [-0.39, 0.29) is 11.7 Å². The SMILES string of the molecule is Cc1nn(-c2ccc(F)cc2)c(C)c1C(=O)Nc1cccc(-c2nc3ccccc3[nH]2)c1. The normalized spacial score (nSPS) is 11.1. The number of halogens is 1. The number of nitrogens with zero attached hydrogens (tertiary/aromatic N) is 3. The average molecular weight is 425 g/mol. The zero-order chi connectivity index (χ0) is 22.2. The minimum Gasteiger partial charge on any atom is -0.338 e. The van der Waals surface area contributed by atoms with Crippen molar-refractivity contribution >= 4 is 22.6 Å². The first-order chi connectivity index (χ1) is 15.5. The quantitative estimate of drug-likeness (QED) is 0.403. The summed E-state index contributed by atoms with van der Waals surface area (Å²) in [6, 6.07) is 21.4. The number of imidazole rings is 1. The molecule has 0 aliphatic rings. The number of H-pyrrole nitrogens is 1. The zero-order valence-corrected chi connectivity index (χ0v) is 17.6. The van der Waals surface area contributed by atoms with Gasteiger partial charge in [0.1, 0.15) is 11.6 Å². The molecule has 0 bridgehead atoms. The molecule has 0 unspecified atom stereocenters. The van der Waals surface area contributed by atoms with Crippen molar-refractivity contribution in [1.82, 2.24) is 19.7 Å². The van der Waals surface area contributed by atoms with Crippen LogP contribution in [0.3, 0.4) is 0 Å². The fourth-order valence-electron chi connectivity index (χ4n) is 3.83. The number of carbonyl (C=O) groups excluding carboxylic acids is 1. The summed E-state index contributed by atoms with van der Waals surface area (Å²) in [4.78, 5) is 21.0. The molecular formula is C25H20FN5O. The molecule has 2 N–H and O–H groups in total. The smallest absolute Gasteiger partial charge is 0.259 e. The Kier molecular flexibility index (Phi) is 4.78. The van der Waals surface area contributed by atoms with Gasteiger partial charge < -0.3 is 10.3 Å². The van der Waals surface area contributed by atoms with Crippen molar-refractivity contribution in [2.75, 3.05) is 5.32 Å². The highest BCUT2D eigenvalue weighted by Gasteiger charge is 2.20. The summed E-state index contributed by atoms with van der Waals surface area (Å²) in [5.74, 6) is 0.159. The summed E-state index contributed by atoms with van der Waals surface area (Å²) in [6.07, 6.45) is 0. The van der Waals surface area contributed by atoms with Crippen LogP contribution in [0.1, 0.15) is 21.7 Å². The van der Waals surface area contributed by atoms with E-state index in [4.69, 9.17) is 0 Å². The number of aromatic amines is 1. The molecule has 7 heteroatoms. The predicted octanol–water partition coefficient (Wildman–Crippen LogP) is 5.42. The number of nitrogens with one attached hydrogen (secondary N) is 2. The van der Waals surface area contributed by atoms with E-state index in [1.54, 1.807) is 23.7 Å². The van der Waals surface area contributed by atoms with E-state index in [0.29, 0.717) is 28.3 Å². The van der Waals surface area contributed by atoms with E-state index in [1.807, 2.05) is 55.5 Å². The number of hydrogen-bond acceptors (Lipinski definition) is 3. The van der Waals surface area contributed by atoms with Gasteiger partial charge in [0.2, 0.25) is 0 Å². The fourth-order valence-corrected chi connectivity index (χ4v) is 3.83. The number of para-hydroxylation sites is 2. The second-order valence-corrected chi connectivity index (χ2v) is 7.57. The van der Waals surface area contributed by atoms with Crippen molar-refractivity contribution in [2.24, 2.45) is 0 Å². The molecule has 2 aromatic heterocycles. The first-order valence-corrected chi connectivity index (χ1v) is 10.2. The van der Waals surface area contributed by atoms with E-state index in [2.05, 4.69) is 20.4 Å². The summed E-state index contributed by atoms with van der Waals surface area (Å²) in [6.45, 7) is 3.61. The molecular weight excluding hydrogens is 405 g/mol. The van der Waals surface area contributed by atoms with Crippen LogP contribution >= 0.6 is 0 Å². The molecule has 158 valence electrons. The van der Waals surface area contributed by atoms with Crippen molar-refractivity contribution in [1.29, 1.82) is 0 Å². The Morgan fingerprint density at radius 3 is 2.56 bits per heavy atom. The van der Waals surface area contributed by atoms with E-state index in [9.17, 15) is 9.18 Å². The Hall–Kier alpha value is -4.26. The van der Waals surface area contributed by atoms with Crippen LogP contribution in [-0.4, -0.2) is 25.7 Å². The third-order valence-corrected chi connectivity index (χ3v) is 5.37. The van der Waals surface area contributed by atoms with Gasteiger partial charge in [0.15, 0.2) is 0 Å². The number of aromatic nitrogens is 4. The highest BCUT2D eigenvalue weighted by Crippen LogP contribution is 2.24. The standard InChI is InChI=1S/C25H20FN5O/c1-15-23(16(2)31(30-15)20-12-10-18(26)11-13-20)25(32)27-19-7-5-6-17(14-19)24-28-21-8-3-4-9-22(21)29-24/h3-14H,1-2H3,(H,27,32)(H,28,29). The van der Waals surface area contributed by atoms with Gasteiger partial charge >= 0.3 is 0 Å². The van der Waals surface area contributed by atoms with Crippen LogP contribution in [0.2, 0.25) is 0 Å². The van der Waals surface area contributed by atoms with Crippen molar-refractivity contribution < 1.29 is 9.18 Å². The number of fused-ring (bicyclic) bond motifs is 1. The minimum atomic E-state index is -0.322. The van der Waals surface area contributed by atoms with Gasteiger partial charge in [-0.15, -0.1) is 0 Å². The molecule has 5 rings (SSSR count). The molecule has 0 saturated heterocycles. The lowest BCUT2D eigenvalue weighted by Gasteiger charge is -2.08. The van der Waals surface area contributed by atoms with E-state index >= 15 is 0 Å². The second-order valence-electron chi connectivity index (χ2n) is 7.57. The molecule has 1 amide bonds. The molecule has 32 heavy (non-hydrogen) atoms. The van der Waals surface area contributed by atoms with E-state index in [0.717, 1.165) is 22.4 Å². The summed E-state index contributed by atoms with van der Waals surface area (Å²) >= 11 is 0. The molecule has 0 saturated carbocycles. The Balaban J connectivity index is 1.43. The topological polar surface area (TPSA) is 75.6 Å². The Labute approximate surface area is 183 Å². The molecule has 0 aliphatic carbocycles. The molecule has 0 aliphatic heterocycles. The van der Waals surface area contributed by atoms with Gasteiger partial charge in [0.05, 0.1) is 33.7 Å². The lowest BCUT2D eigenvalue weighted by Crippen LogP contribution is -2.14. The lowest BCUT2D eigenvalue weighted by atomic mass is 10.1. The number of anilines is 1. The summed E-state index contributed by atoms with van der Waals surface area (Å²) in [5.41, 5.74) is 5.82. The molecule has 5 aromatic rings. The van der Waals surface area contributed by atoms with Gasteiger partial charge in [0.25, 0.3) is 5.91 Å². The van der Waals surface area contributed by atoms with Crippen LogP contribution in [-0.2, 0) is 0 Å². The maximum Gasteiger partial charge on any atom is 0.259 e. The number of amides is 1. The van der Waals surface area contributed by atoms with Gasteiger partial charge in [-0.25, -0.2) is 14.1 Å². The van der Waals surface area contributed by atoms with Crippen LogP contribution in [0.4, 0.5) is 10.1 Å². The highest BCUT2D eigenvalue weighted by atomic mass is 19.1. The van der Waals surface area contributed by atoms with E-state index in [1.165, 1.54) is 12.1 Å². The van der Waals surface area contributed by atoms with Crippen LogP contribution in [0.5, 0.6) is 0 Å². The molecule has 2 heterocycles. The van der Waals surface area contributed by atoms with Gasteiger partial charge in [-0.3, -0.25) is 4.79 Å². The Morgan fingerprint density at radius 2 is 1.78 bits per heavy atom. The van der Waals surface area contributed by atoms with Gasteiger partial charge in [-0.05, 0) is 62.4 Å². The van der Waals surface area contributed by atoms with Gasteiger partial charge in [-0.2, -0.15) is 5.10 Å². The summed E-state index contributed by atoms with van der Waals surface area (Å²) in [5, 5.41) is 7.44. The Bertz CT molecular complexity index is 1420. The number of aryl methyl sites for hydroxylation is 1. The Morgan fingerprint density at radius 1 is 1.00 bits per heavy atom. The van der Waals surface area contributed by atoms with E-state index < -0.39 is 0 Å².